The second-order valence-corrected chi connectivity index (χ2v) is 5.34. The number of aromatic nitrogens is 2. The van der Waals surface area contributed by atoms with E-state index in [0.29, 0.717) is 12.6 Å². The SMILES string of the molecule is CC1CCN(Cc2cn(CCN)cn2)C(C)C1. The maximum atomic E-state index is 5.53. The summed E-state index contributed by atoms with van der Waals surface area (Å²) in [6.07, 6.45) is 6.63. The summed E-state index contributed by atoms with van der Waals surface area (Å²) in [6, 6.07) is 0.679. The van der Waals surface area contributed by atoms with Gasteiger partial charge in [0.2, 0.25) is 0 Å². The van der Waals surface area contributed by atoms with Crippen molar-refractivity contribution in [1.29, 1.82) is 0 Å². The molecule has 2 unspecified atom stereocenters. The number of hydrogen-bond donors (Lipinski definition) is 1. The van der Waals surface area contributed by atoms with E-state index in [1.165, 1.54) is 25.1 Å². The topological polar surface area (TPSA) is 47.1 Å². The van der Waals surface area contributed by atoms with Crippen molar-refractivity contribution < 1.29 is 0 Å². The largest absolute Gasteiger partial charge is 0.336 e. The summed E-state index contributed by atoms with van der Waals surface area (Å²) in [6.45, 7) is 8.39. The van der Waals surface area contributed by atoms with Gasteiger partial charge in [-0.05, 0) is 32.2 Å². The van der Waals surface area contributed by atoms with E-state index in [0.717, 1.165) is 19.0 Å². The summed E-state index contributed by atoms with van der Waals surface area (Å²) >= 11 is 0. The minimum absolute atomic E-state index is 0.674. The van der Waals surface area contributed by atoms with Crippen LogP contribution in [0.25, 0.3) is 0 Å². The third-order valence-corrected chi connectivity index (χ3v) is 3.72. The van der Waals surface area contributed by atoms with Gasteiger partial charge in [0.05, 0.1) is 12.0 Å². The van der Waals surface area contributed by atoms with Gasteiger partial charge in [0.1, 0.15) is 0 Å². The first-order chi connectivity index (χ1) is 8.19. The van der Waals surface area contributed by atoms with E-state index < -0.39 is 0 Å². The van der Waals surface area contributed by atoms with Crippen LogP contribution >= 0.6 is 0 Å². The van der Waals surface area contributed by atoms with Crippen LogP contribution in [0.15, 0.2) is 12.5 Å². The summed E-state index contributed by atoms with van der Waals surface area (Å²) in [5, 5.41) is 0. The molecule has 1 aromatic heterocycles. The predicted octanol–water partition coefficient (Wildman–Crippen LogP) is 1.46. The van der Waals surface area contributed by atoms with Gasteiger partial charge in [-0.3, -0.25) is 4.90 Å². The normalized spacial score (nSPS) is 26.3. The summed E-state index contributed by atoms with van der Waals surface area (Å²) in [5.74, 6) is 0.871. The molecule has 17 heavy (non-hydrogen) atoms. The Balaban J connectivity index is 1.91. The Kier molecular flexibility index (Phi) is 4.18. The molecule has 1 saturated heterocycles. The average molecular weight is 236 g/mol. The lowest BCUT2D eigenvalue weighted by Crippen LogP contribution is -2.39. The maximum absolute atomic E-state index is 5.53. The van der Waals surface area contributed by atoms with Gasteiger partial charge in [0.15, 0.2) is 0 Å². The van der Waals surface area contributed by atoms with E-state index in [2.05, 4.69) is 34.5 Å². The average Bonchev–Trinajstić information content (AvgIpc) is 2.71. The smallest absolute Gasteiger partial charge is 0.0950 e. The molecule has 2 N–H and O–H groups in total. The van der Waals surface area contributed by atoms with Crippen LogP contribution < -0.4 is 5.73 Å². The van der Waals surface area contributed by atoms with Crippen LogP contribution in [0.2, 0.25) is 0 Å². The second-order valence-electron chi connectivity index (χ2n) is 5.34. The number of rotatable bonds is 4. The molecule has 4 nitrogen and oxygen atoms in total. The van der Waals surface area contributed by atoms with Crippen molar-refractivity contribution in [2.45, 2.75) is 45.8 Å². The summed E-state index contributed by atoms with van der Waals surface area (Å²) in [5.41, 5.74) is 6.70. The minimum atomic E-state index is 0.674. The molecule has 4 heteroatoms. The van der Waals surface area contributed by atoms with Crippen molar-refractivity contribution in [3.8, 4) is 0 Å². The Morgan fingerprint density at radius 3 is 3.00 bits per heavy atom. The first-order valence-electron chi connectivity index (χ1n) is 6.64. The lowest BCUT2D eigenvalue weighted by molar-refractivity contribution is 0.121. The fraction of sp³-hybridized carbons (Fsp3) is 0.769. The zero-order chi connectivity index (χ0) is 12.3. The fourth-order valence-corrected chi connectivity index (χ4v) is 2.66. The van der Waals surface area contributed by atoms with E-state index in [4.69, 9.17) is 5.73 Å². The third-order valence-electron chi connectivity index (χ3n) is 3.72. The van der Waals surface area contributed by atoms with Crippen molar-refractivity contribution in [3.05, 3.63) is 18.2 Å². The van der Waals surface area contributed by atoms with Crippen molar-refractivity contribution >= 4 is 0 Å². The van der Waals surface area contributed by atoms with Crippen LogP contribution in [0.3, 0.4) is 0 Å². The molecule has 0 radical (unpaired) electrons. The number of piperidine rings is 1. The lowest BCUT2D eigenvalue weighted by atomic mass is 9.93. The molecule has 0 bridgehead atoms. The summed E-state index contributed by atoms with van der Waals surface area (Å²) in [7, 11) is 0. The maximum Gasteiger partial charge on any atom is 0.0950 e. The minimum Gasteiger partial charge on any atom is -0.336 e. The van der Waals surface area contributed by atoms with Gasteiger partial charge in [0.25, 0.3) is 0 Å². The van der Waals surface area contributed by atoms with Crippen molar-refractivity contribution in [2.75, 3.05) is 13.1 Å². The highest BCUT2D eigenvalue weighted by atomic mass is 15.2. The summed E-state index contributed by atoms with van der Waals surface area (Å²) < 4.78 is 2.08. The highest BCUT2D eigenvalue weighted by Crippen LogP contribution is 2.23. The monoisotopic (exact) mass is 236 g/mol. The first kappa shape index (κ1) is 12.6. The Hall–Kier alpha value is -0.870. The van der Waals surface area contributed by atoms with Gasteiger partial charge in [-0.2, -0.15) is 0 Å². The lowest BCUT2D eigenvalue weighted by Gasteiger charge is -2.36. The molecule has 0 aromatic carbocycles. The molecule has 0 amide bonds. The zero-order valence-corrected chi connectivity index (χ0v) is 11.0. The summed E-state index contributed by atoms with van der Waals surface area (Å²) in [4.78, 5) is 6.98. The third kappa shape index (κ3) is 3.30. The predicted molar refractivity (Wildman–Crippen MR) is 69.6 cm³/mol. The molecular formula is C13H24N4. The van der Waals surface area contributed by atoms with E-state index in [9.17, 15) is 0 Å². The van der Waals surface area contributed by atoms with Gasteiger partial charge in [-0.15, -0.1) is 0 Å². The second kappa shape index (κ2) is 5.65. The molecule has 1 aliphatic heterocycles. The Bertz CT molecular complexity index is 347. The first-order valence-corrected chi connectivity index (χ1v) is 6.64. The molecular weight excluding hydrogens is 212 g/mol. The van der Waals surface area contributed by atoms with Gasteiger partial charge in [-0.25, -0.2) is 4.98 Å². The number of nitrogens with zero attached hydrogens (tertiary/aromatic N) is 3. The Morgan fingerprint density at radius 1 is 1.47 bits per heavy atom. The van der Waals surface area contributed by atoms with Gasteiger partial charge in [-0.1, -0.05) is 6.92 Å². The highest BCUT2D eigenvalue weighted by Gasteiger charge is 2.23. The van der Waals surface area contributed by atoms with E-state index in [1.807, 2.05) is 6.33 Å². The molecule has 2 heterocycles. The van der Waals surface area contributed by atoms with Crippen LogP contribution in [0.4, 0.5) is 0 Å². The van der Waals surface area contributed by atoms with E-state index in [1.54, 1.807) is 0 Å². The standard InChI is InChI=1S/C13H24N4/c1-11-3-5-17(12(2)7-11)9-13-8-16(6-4-14)10-15-13/h8,10-12H,3-7,9,14H2,1-2H3. The van der Waals surface area contributed by atoms with Crippen molar-refractivity contribution in [2.24, 2.45) is 11.7 Å². The van der Waals surface area contributed by atoms with Crippen LogP contribution in [0.5, 0.6) is 0 Å². The highest BCUT2D eigenvalue weighted by molar-refractivity contribution is 4.97. The van der Waals surface area contributed by atoms with E-state index in [-0.39, 0.29) is 0 Å². The van der Waals surface area contributed by atoms with Gasteiger partial charge < -0.3 is 10.3 Å². The number of likely N-dealkylation sites (tertiary alicyclic amines) is 1. The van der Waals surface area contributed by atoms with Crippen LogP contribution in [-0.2, 0) is 13.1 Å². The number of nitrogens with two attached hydrogens (primary N) is 1. The van der Waals surface area contributed by atoms with Crippen LogP contribution in [0, 0.1) is 5.92 Å². The molecule has 1 aliphatic rings. The molecule has 1 aromatic rings. The van der Waals surface area contributed by atoms with Crippen LogP contribution in [-0.4, -0.2) is 33.6 Å². The molecule has 2 atom stereocenters. The Labute approximate surface area is 104 Å². The van der Waals surface area contributed by atoms with E-state index >= 15 is 0 Å². The Morgan fingerprint density at radius 2 is 2.29 bits per heavy atom. The van der Waals surface area contributed by atoms with Crippen molar-refractivity contribution in [3.63, 3.8) is 0 Å². The van der Waals surface area contributed by atoms with Crippen molar-refractivity contribution in [1.82, 2.24) is 14.5 Å². The number of hydrogen-bond acceptors (Lipinski definition) is 3. The molecule has 0 spiro atoms. The molecule has 2 rings (SSSR count). The van der Waals surface area contributed by atoms with Crippen LogP contribution in [0.1, 0.15) is 32.4 Å². The fourth-order valence-electron chi connectivity index (χ4n) is 2.66. The quantitative estimate of drug-likeness (QED) is 0.861. The van der Waals surface area contributed by atoms with Gasteiger partial charge >= 0.3 is 0 Å². The zero-order valence-electron chi connectivity index (χ0n) is 11.0. The van der Waals surface area contributed by atoms with Gasteiger partial charge in [0, 0.05) is 31.9 Å². The number of imidazole rings is 1. The molecule has 0 saturated carbocycles. The molecule has 0 aliphatic carbocycles. The molecule has 1 fully saturated rings. The molecule has 96 valence electrons.